The minimum absolute atomic E-state index is 0.149. The minimum Gasteiger partial charge on any atom is -0.491 e. The second kappa shape index (κ2) is 9.32. The highest BCUT2D eigenvalue weighted by Gasteiger charge is 2.11. The first-order valence-electron chi connectivity index (χ1n) is 7.73. The predicted octanol–water partition coefficient (Wildman–Crippen LogP) is 5.95. The summed E-state index contributed by atoms with van der Waals surface area (Å²) in [6, 6.07) is 10.4. The first-order chi connectivity index (χ1) is 11.9. The zero-order valence-corrected chi connectivity index (χ0v) is 16.9. The molecule has 0 aromatic heterocycles. The molecule has 2 aromatic carbocycles. The molecule has 134 valence electrons. The molecule has 0 fully saturated rings. The highest BCUT2D eigenvalue weighted by atomic mass is 79.9. The summed E-state index contributed by atoms with van der Waals surface area (Å²) in [6.07, 6.45) is 1.08. The molecule has 0 aliphatic heterocycles. The summed E-state index contributed by atoms with van der Waals surface area (Å²) in [5.74, 6) is 0.840. The third kappa shape index (κ3) is 6.10. The van der Waals surface area contributed by atoms with E-state index >= 15 is 0 Å². The minimum atomic E-state index is -0.298. The fourth-order valence-electron chi connectivity index (χ4n) is 1.93. The maximum atomic E-state index is 12.0. The molecule has 1 unspecified atom stereocenters. The van der Waals surface area contributed by atoms with Crippen LogP contribution in [-0.2, 0) is 4.79 Å². The molecule has 0 heterocycles. The smallest absolute Gasteiger partial charge is 0.262 e. The Kier molecular flexibility index (Phi) is 7.41. The standard InChI is InChI=1S/C18H18BrCl2NO3/c1-3-11(2)25-14-6-4-13(5-7-14)22-17(23)10-24-18-15(19)8-12(20)9-16(18)21/h4-9,11H,3,10H2,1-2H3,(H,22,23). The quantitative estimate of drug-likeness (QED) is 0.571. The number of hydrogen-bond acceptors (Lipinski definition) is 3. The van der Waals surface area contributed by atoms with Crippen LogP contribution in [-0.4, -0.2) is 18.6 Å². The van der Waals surface area contributed by atoms with Crippen LogP contribution in [0.2, 0.25) is 10.0 Å². The van der Waals surface area contributed by atoms with Crippen LogP contribution in [0.15, 0.2) is 40.9 Å². The Morgan fingerprint density at radius 2 is 1.92 bits per heavy atom. The topological polar surface area (TPSA) is 47.6 Å². The summed E-state index contributed by atoms with van der Waals surface area (Å²) in [5.41, 5.74) is 0.659. The van der Waals surface area contributed by atoms with E-state index in [1.807, 2.05) is 19.1 Å². The van der Waals surface area contributed by atoms with E-state index in [-0.39, 0.29) is 18.6 Å². The molecule has 2 rings (SSSR count). The molecule has 4 nitrogen and oxygen atoms in total. The Morgan fingerprint density at radius 3 is 2.52 bits per heavy atom. The molecular formula is C18H18BrCl2NO3. The number of nitrogens with one attached hydrogen (secondary N) is 1. The number of benzene rings is 2. The lowest BCUT2D eigenvalue weighted by molar-refractivity contribution is -0.118. The zero-order valence-electron chi connectivity index (χ0n) is 13.8. The molecule has 0 spiro atoms. The monoisotopic (exact) mass is 445 g/mol. The van der Waals surface area contributed by atoms with Crippen molar-refractivity contribution in [1.82, 2.24) is 0 Å². The van der Waals surface area contributed by atoms with Gasteiger partial charge >= 0.3 is 0 Å². The number of carbonyl (C=O) groups excluding carboxylic acids is 1. The fourth-order valence-corrected chi connectivity index (χ4v) is 3.30. The van der Waals surface area contributed by atoms with E-state index in [0.29, 0.717) is 26.0 Å². The number of hydrogen-bond donors (Lipinski definition) is 1. The molecule has 0 aliphatic rings. The fraction of sp³-hybridized carbons (Fsp3) is 0.278. The van der Waals surface area contributed by atoms with Gasteiger partial charge < -0.3 is 14.8 Å². The van der Waals surface area contributed by atoms with Gasteiger partial charge in [0.15, 0.2) is 12.4 Å². The van der Waals surface area contributed by atoms with Crippen molar-refractivity contribution in [1.29, 1.82) is 0 Å². The van der Waals surface area contributed by atoms with E-state index in [2.05, 4.69) is 28.2 Å². The molecule has 0 saturated heterocycles. The van der Waals surface area contributed by atoms with Crippen LogP contribution in [0.3, 0.4) is 0 Å². The van der Waals surface area contributed by atoms with E-state index in [1.165, 1.54) is 0 Å². The van der Waals surface area contributed by atoms with Crippen molar-refractivity contribution in [2.45, 2.75) is 26.4 Å². The summed E-state index contributed by atoms with van der Waals surface area (Å²) in [4.78, 5) is 12.0. The van der Waals surface area contributed by atoms with E-state index < -0.39 is 0 Å². The molecule has 1 amide bonds. The molecule has 0 bridgehead atoms. The summed E-state index contributed by atoms with van der Waals surface area (Å²) in [6.45, 7) is 3.89. The lowest BCUT2D eigenvalue weighted by Gasteiger charge is -2.13. The molecule has 2 aromatic rings. The van der Waals surface area contributed by atoms with Crippen molar-refractivity contribution in [2.24, 2.45) is 0 Å². The third-order valence-corrected chi connectivity index (χ3v) is 4.45. The van der Waals surface area contributed by atoms with E-state index in [0.717, 1.165) is 12.2 Å². The highest BCUT2D eigenvalue weighted by Crippen LogP contribution is 2.36. The molecule has 0 saturated carbocycles. The molecule has 7 heteroatoms. The average Bonchev–Trinajstić information content (AvgIpc) is 2.55. The highest BCUT2D eigenvalue weighted by molar-refractivity contribution is 9.10. The Morgan fingerprint density at radius 1 is 1.24 bits per heavy atom. The second-order valence-corrected chi connectivity index (χ2v) is 7.09. The molecule has 25 heavy (non-hydrogen) atoms. The third-order valence-electron chi connectivity index (χ3n) is 3.36. The molecule has 1 N–H and O–H groups in total. The summed E-state index contributed by atoms with van der Waals surface area (Å²) in [7, 11) is 0. The van der Waals surface area contributed by atoms with Gasteiger partial charge in [-0.1, -0.05) is 30.1 Å². The lowest BCUT2D eigenvalue weighted by atomic mass is 10.3. The maximum Gasteiger partial charge on any atom is 0.262 e. The van der Waals surface area contributed by atoms with Crippen LogP contribution in [0.1, 0.15) is 20.3 Å². The number of carbonyl (C=O) groups is 1. The van der Waals surface area contributed by atoms with Crippen LogP contribution in [0, 0.1) is 0 Å². The Bertz CT molecular complexity index is 715. The average molecular weight is 447 g/mol. The summed E-state index contributed by atoms with van der Waals surface area (Å²) < 4.78 is 11.8. The maximum absolute atomic E-state index is 12.0. The molecular weight excluding hydrogens is 429 g/mol. The normalized spacial score (nSPS) is 11.7. The Hall–Kier alpha value is -1.43. The summed E-state index contributed by atoms with van der Waals surface area (Å²) >= 11 is 15.3. The SMILES string of the molecule is CCC(C)Oc1ccc(NC(=O)COc2c(Cl)cc(Cl)cc2Br)cc1. The Balaban J connectivity index is 1.90. The number of amides is 1. The van der Waals surface area contributed by atoms with Gasteiger partial charge in [-0.05, 0) is 65.7 Å². The van der Waals surface area contributed by atoms with Crippen molar-refractivity contribution < 1.29 is 14.3 Å². The van der Waals surface area contributed by atoms with Crippen LogP contribution >= 0.6 is 39.1 Å². The van der Waals surface area contributed by atoms with E-state index in [9.17, 15) is 4.79 Å². The van der Waals surface area contributed by atoms with Gasteiger partial charge in [0.2, 0.25) is 0 Å². The number of rotatable bonds is 7. The van der Waals surface area contributed by atoms with Gasteiger partial charge in [-0.2, -0.15) is 0 Å². The van der Waals surface area contributed by atoms with Crippen molar-refractivity contribution in [3.8, 4) is 11.5 Å². The van der Waals surface area contributed by atoms with Gasteiger partial charge in [0, 0.05) is 10.7 Å². The van der Waals surface area contributed by atoms with Crippen molar-refractivity contribution in [2.75, 3.05) is 11.9 Å². The van der Waals surface area contributed by atoms with Gasteiger partial charge in [0.05, 0.1) is 15.6 Å². The first-order valence-corrected chi connectivity index (χ1v) is 9.27. The van der Waals surface area contributed by atoms with Crippen molar-refractivity contribution in [3.05, 3.63) is 50.9 Å². The van der Waals surface area contributed by atoms with Crippen LogP contribution in [0.25, 0.3) is 0 Å². The van der Waals surface area contributed by atoms with Gasteiger partial charge in [0.25, 0.3) is 5.91 Å². The van der Waals surface area contributed by atoms with Crippen molar-refractivity contribution >= 4 is 50.7 Å². The molecule has 0 radical (unpaired) electrons. The van der Waals surface area contributed by atoms with Gasteiger partial charge in [-0.25, -0.2) is 0 Å². The second-order valence-electron chi connectivity index (χ2n) is 5.40. The number of ether oxygens (including phenoxy) is 2. The molecule has 0 aliphatic carbocycles. The van der Waals surface area contributed by atoms with E-state index in [1.54, 1.807) is 24.3 Å². The van der Waals surface area contributed by atoms with Crippen LogP contribution in [0.5, 0.6) is 11.5 Å². The lowest BCUT2D eigenvalue weighted by Crippen LogP contribution is -2.20. The van der Waals surface area contributed by atoms with Crippen LogP contribution < -0.4 is 14.8 Å². The summed E-state index contributed by atoms with van der Waals surface area (Å²) in [5, 5.41) is 3.57. The van der Waals surface area contributed by atoms with E-state index in [4.69, 9.17) is 32.7 Å². The largest absolute Gasteiger partial charge is 0.491 e. The van der Waals surface area contributed by atoms with Gasteiger partial charge in [-0.15, -0.1) is 0 Å². The Labute approximate surface area is 165 Å². The number of anilines is 1. The van der Waals surface area contributed by atoms with Crippen molar-refractivity contribution in [3.63, 3.8) is 0 Å². The predicted molar refractivity (Wildman–Crippen MR) is 105 cm³/mol. The zero-order chi connectivity index (χ0) is 18.4. The molecule has 1 atom stereocenters. The van der Waals surface area contributed by atoms with Crippen LogP contribution in [0.4, 0.5) is 5.69 Å². The van der Waals surface area contributed by atoms with Gasteiger partial charge in [-0.3, -0.25) is 4.79 Å². The first kappa shape index (κ1) is 19.9. The van der Waals surface area contributed by atoms with Gasteiger partial charge in [0.1, 0.15) is 5.75 Å². The number of halogens is 3.